The van der Waals surface area contributed by atoms with Gasteiger partial charge in [0.25, 0.3) is 11.8 Å². The van der Waals surface area contributed by atoms with Gasteiger partial charge in [0.2, 0.25) is 5.91 Å². The van der Waals surface area contributed by atoms with E-state index in [0.29, 0.717) is 11.3 Å². The van der Waals surface area contributed by atoms with Crippen LogP contribution >= 0.6 is 11.8 Å². The van der Waals surface area contributed by atoms with Crippen LogP contribution in [0, 0.1) is 20.8 Å². The second-order valence-corrected chi connectivity index (χ2v) is 11.2. The first-order chi connectivity index (χ1) is 19.7. The highest BCUT2D eigenvalue weighted by Gasteiger charge is 2.18. The molecule has 0 aliphatic carbocycles. The van der Waals surface area contributed by atoms with E-state index in [1.165, 1.54) is 11.8 Å². The molecule has 0 saturated carbocycles. The van der Waals surface area contributed by atoms with Gasteiger partial charge in [-0.3, -0.25) is 14.4 Å². The van der Waals surface area contributed by atoms with Gasteiger partial charge in [0.05, 0.1) is 5.25 Å². The number of amides is 3. The van der Waals surface area contributed by atoms with Crippen LogP contribution in [-0.2, 0) is 9.59 Å². The van der Waals surface area contributed by atoms with Gasteiger partial charge in [-0.25, -0.2) is 0 Å². The number of nitrogens with one attached hydrogen (secondary N) is 3. The maximum absolute atomic E-state index is 13.4. The highest BCUT2D eigenvalue weighted by molar-refractivity contribution is 8.00. The molecule has 1 unspecified atom stereocenters. The van der Waals surface area contributed by atoms with Gasteiger partial charge in [0.1, 0.15) is 5.70 Å². The highest BCUT2D eigenvalue weighted by Crippen LogP contribution is 2.28. The molecule has 0 heterocycles. The van der Waals surface area contributed by atoms with E-state index in [2.05, 4.69) is 16.0 Å². The molecule has 4 aromatic rings. The first kappa shape index (κ1) is 29.4. The Morgan fingerprint density at radius 3 is 2.22 bits per heavy atom. The fraction of sp³-hybridized carbons (Fsp3) is 0.147. The molecule has 0 aliphatic heterocycles. The molecule has 0 fully saturated rings. The van der Waals surface area contributed by atoms with Crippen LogP contribution in [0.25, 0.3) is 6.08 Å². The number of thioether (sulfide) groups is 1. The number of hydrogen-bond acceptors (Lipinski definition) is 4. The zero-order valence-electron chi connectivity index (χ0n) is 23.5. The number of rotatable bonds is 9. The third-order valence-electron chi connectivity index (χ3n) is 6.55. The van der Waals surface area contributed by atoms with Crippen LogP contribution in [0.1, 0.15) is 39.5 Å². The number of carbonyl (C=O) groups is 3. The smallest absolute Gasteiger partial charge is 0.272 e. The molecule has 1 atom stereocenters. The van der Waals surface area contributed by atoms with Crippen LogP contribution in [-0.4, -0.2) is 23.0 Å². The molecule has 41 heavy (non-hydrogen) atoms. The summed E-state index contributed by atoms with van der Waals surface area (Å²) in [4.78, 5) is 40.0. The summed E-state index contributed by atoms with van der Waals surface area (Å²) in [6.07, 6.45) is 1.65. The highest BCUT2D eigenvalue weighted by atomic mass is 32.2. The predicted octanol–water partition coefficient (Wildman–Crippen LogP) is 7.14. The van der Waals surface area contributed by atoms with Gasteiger partial charge in [-0.05, 0) is 86.9 Å². The van der Waals surface area contributed by atoms with Crippen LogP contribution in [0.3, 0.4) is 0 Å². The third-order valence-corrected chi connectivity index (χ3v) is 7.65. The molecule has 4 rings (SSSR count). The third kappa shape index (κ3) is 8.19. The number of hydrogen-bond donors (Lipinski definition) is 3. The Hall–Kier alpha value is -4.62. The van der Waals surface area contributed by atoms with Gasteiger partial charge in [-0.1, -0.05) is 66.2 Å². The van der Waals surface area contributed by atoms with Crippen molar-refractivity contribution < 1.29 is 14.4 Å². The minimum Gasteiger partial charge on any atom is -0.325 e. The molecule has 6 nitrogen and oxygen atoms in total. The number of aryl methyl sites for hydroxylation is 2. The first-order valence-electron chi connectivity index (χ1n) is 13.3. The van der Waals surface area contributed by atoms with Crippen molar-refractivity contribution in [1.82, 2.24) is 5.32 Å². The van der Waals surface area contributed by atoms with E-state index >= 15 is 0 Å². The SMILES string of the molecule is Cc1ccc(/C=C(/NC(=O)c2ccccc2)C(=O)Nc2cccc(SC(C)C(=O)Nc3cccc(C)c3C)c2)cc1. The van der Waals surface area contributed by atoms with Crippen molar-refractivity contribution in [3.8, 4) is 0 Å². The van der Waals surface area contributed by atoms with Crippen LogP contribution in [0.4, 0.5) is 11.4 Å². The fourth-order valence-corrected chi connectivity index (χ4v) is 4.92. The van der Waals surface area contributed by atoms with Crippen LogP contribution < -0.4 is 16.0 Å². The van der Waals surface area contributed by atoms with Gasteiger partial charge < -0.3 is 16.0 Å². The van der Waals surface area contributed by atoms with Gasteiger partial charge >= 0.3 is 0 Å². The van der Waals surface area contributed by atoms with E-state index in [-0.39, 0.29) is 22.8 Å². The monoisotopic (exact) mass is 563 g/mol. The average molecular weight is 564 g/mol. The van der Waals surface area contributed by atoms with Crippen molar-refractivity contribution >= 4 is 46.9 Å². The molecule has 0 aromatic heterocycles. The normalized spacial score (nSPS) is 11.9. The predicted molar refractivity (Wildman–Crippen MR) is 168 cm³/mol. The van der Waals surface area contributed by atoms with Crippen molar-refractivity contribution in [3.63, 3.8) is 0 Å². The lowest BCUT2D eigenvalue weighted by Crippen LogP contribution is -2.30. The Balaban J connectivity index is 1.48. The second kappa shape index (κ2) is 13.6. The Labute approximate surface area is 245 Å². The summed E-state index contributed by atoms with van der Waals surface area (Å²) in [7, 11) is 0. The topological polar surface area (TPSA) is 87.3 Å². The van der Waals surface area contributed by atoms with Crippen molar-refractivity contribution in [2.45, 2.75) is 37.8 Å². The van der Waals surface area contributed by atoms with Gasteiger partial charge in [0, 0.05) is 21.8 Å². The van der Waals surface area contributed by atoms with Crippen LogP contribution in [0.2, 0.25) is 0 Å². The molecule has 0 spiro atoms. The molecule has 0 bridgehead atoms. The minimum absolute atomic E-state index is 0.106. The summed E-state index contributed by atoms with van der Waals surface area (Å²) in [5, 5.41) is 8.29. The molecule has 0 radical (unpaired) electrons. The number of benzene rings is 4. The van der Waals surface area contributed by atoms with Crippen LogP contribution in [0.5, 0.6) is 0 Å². The Bertz CT molecular complexity index is 1580. The lowest BCUT2D eigenvalue weighted by molar-refractivity contribution is -0.115. The summed E-state index contributed by atoms with van der Waals surface area (Å²) >= 11 is 1.39. The maximum Gasteiger partial charge on any atom is 0.272 e. The fourth-order valence-electron chi connectivity index (χ4n) is 4.00. The largest absolute Gasteiger partial charge is 0.325 e. The minimum atomic E-state index is -0.460. The van der Waals surface area contributed by atoms with Crippen LogP contribution in [0.15, 0.2) is 108 Å². The van der Waals surface area contributed by atoms with E-state index in [0.717, 1.165) is 32.8 Å². The summed E-state index contributed by atoms with van der Waals surface area (Å²) in [5.41, 5.74) is 5.93. The molecule has 3 N–H and O–H groups in total. The second-order valence-electron chi connectivity index (χ2n) is 9.77. The van der Waals surface area contributed by atoms with E-state index in [1.807, 2.05) is 94.4 Å². The van der Waals surface area contributed by atoms with E-state index in [1.54, 1.807) is 36.4 Å². The van der Waals surface area contributed by atoms with Crippen molar-refractivity contribution in [2.75, 3.05) is 10.6 Å². The molecule has 0 aliphatic rings. The zero-order chi connectivity index (χ0) is 29.4. The zero-order valence-corrected chi connectivity index (χ0v) is 24.3. The Kier molecular flexibility index (Phi) is 9.77. The number of carbonyl (C=O) groups excluding carboxylic acids is 3. The molecule has 208 valence electrons. The number of anilines is 2. The van der Waals surface area contributed by atoms with Crippen molar-refractivity contribution in [1.29, 1.82) is 0 Å². The van der Waals surface area contributed by atoms with Crippen molar-refractivity contribution in [3.05, 3.63) is 131 Å². The quantitative estimate of drug-likeness (QED) is 0.149. The molecule has 0 saturated heterocycles. The summed E-state index contributed by atoms with van der Waals surface area (Å²) in [6, 6.07) is 29.5. The summed E-state index contributed by atoms with van der Waals surface area (Å²) in [5.74, 6) is -0.949. The van der Waals surface area contributed by atoms with Gasteiger partial charge in [0.15, 0.2) is 0 Å². The molecular formula is C34H33N3O3S. The Morgan fingerprint density at radius 1 is 0.780 bits per heavy atom. The lowest BCUT2D eigenvalue weighted by atomic mass is 10.1. The molecule has 4 aromatic carbocycles. The van der Waals surface area contributed by atoms with E-state index < -0.39 is 5.91 Å². The standard InChI is InChI=1S/C34H33N3O3S/c1-22-16-18-26(19-17-22)20-31(37-33(39)27-11-6-5-7-12-27)34(40)35-28-13-9-14-29(21-28)41-25(4)32(38)36-30-15-8-10-23(2)24(30)3/h5-21,25H,1-4H3,(H,35,40)(H,36,38)(H,37,39)/b31-20+. The molecule has 7 heteroatoms. The molecular weight excluding hydrogens is 530 g/mol. The van der Waals surface area contributed by atoms with E-state index in [4.69, 9.17) is 0 Å². The van der Waals surface area contributed by atoms with Gasteiger partial charge in [-0.15, -0.1) is 11.8 Å². The molecule has 3 amide bonds. The maximum atomic E-state index is 13.4. The van der Waals surface area contributed by atoms with Gasteiger partial charge in [-0.2, -0.15) is 0 Å². The van der Waals surface area contributed by atoms with Crippen molar-refractivity contribution in [2.24, 2.45) is 0 Å². The lowest BCUT2D eigenvalue weighted by Gasteiger charge is -2.15. The average Bonchev–Trinajstić information content (AvgIpc) is 2.96. The Morgan fingerprint density at radius 2 is 1.49 bits per heavy atom. The first-order valence-corrected chi connectivity index (χ1v) is 14.2. The summed E-state index contributed by atoms with van der Waals surface area (Å²) in [6.45, 7) is 7.82. The van der Waals surface area contributed by atoms with E-state index in [9.17, 15) is 14.4 Å². The summed E-state index contributed by atoms with van der Waals surface area (Å²) < 4.78 is 0.